The molecule has 2 unspecified atom stereocenters. The molecule has 3 N–H and O–H groups in total. The summed E-state index contributed by atoms with van der Waals surface area (Å²) in [5.41, 5.74) is 0.445. The lowest BCUT2D eigenvalue weighted by molar-refractivity contribution is -0.150. The van der Waals surface area contributed by atoms with E-state index in [0.29, 0.717) is 22.9 Å². The lowest BCUT2D eigenvalue weighted by atomic mass is 10.0. The predicted octanol–water partition coefficient (Wildman–Crippen LogP) is 0.595. The van der Waals surface area contributed by atoms with Crippen molar-refractivity contribution in [1.29, 1.82) is 0 Å². The van der Waals surface area contributed by atoms with Gasteiger partial charge >= 0.3 is 5.97 Å². The minimum absolute atomic E-state index is 0.104. The topological polar surface area (TPSA) is 194 Å². The number of nitrogens with zero attached hydrogens (tertiary/aromatic N) is 7. The van der Waals surface area contributed by atoms with Crippen molar-refractivity contribution >= 4 is 69.9 Å². The molecule has 1 fully saturated rings. The summed E-state index contributed by atoms with van der Waals surface area (Å²) in [5, 5.41) is 32.0. The molecule has 5 rings (SSSR count). The lowest BCUT2D eigenvalue weighted by Gasteiger charge is -2.49. The smallest absolute Gasteiger partial charge is 0.352 e. The highest BCUT2D eigenvalue weighted by atomic mass is 32.2. The van der Waals surface area contributed by atoms with E-state index in [-0.39, 0.29) is 34.1 Å². The summed E-state index contributed by atoms with van der Waals surface area (Å²) in [4.78, 5) is 60.5. The number of aryl methyl sites for hydroxylation is 1. The number of β-lactam (4-membered cyclic amide) rings is 1. The molecule has 40 heavy (non-hydrogen) atoms. The summed E-state index contributed by atoms with van der Waals surface area (Å²) in [6.45, 7) is 0. The van der Waals surface area contributed by atoms with Gasteiger partial charge in [0.25, 0.3) is 11.8 Å². The second-order valence-corrected chi connectivity index (χ2v) is 11.6. The number of anilines is 1. The van der Waals surface area contributed by atoms with E-state index in [1.807, 2.05) is 12.2 Å². The molecule has 18 heteroatoms. The molecule has 3 amide bonds. The normalized spacial score (nSPS) is 22.4. The average Bonchev–Trinajstić information content (AvgIpc) is 3.59. The van der Waals surface area contributed by atoms with E-state index in [9.17, 15) is 24.3 Å². The third-order valence-corrected chi connectivity index (χ3v) is 9.34. The van der Waals surface area contributed by atoms with Gasteiger partial charge in [-0.05, 0) is 41.3 Å². The molecule has 0 radical (unpaired) electrons. The predicted molar refractivity (Wildman–Crippen MR) is 145 cm³/mol. The summed E-state index contributed by atoms with van der Waals surface area (Å²) in [7, 11) is 1.67. The van der Waals surface area contributed by atoms with Crippen LogP contribution in [-0.4, -0.2) is 94.1 Å². The number of carboxylic acid groups (broad SMARTS) is 1. The van der Waals surface area contributed by atoms with Gasteiger partial charge in [0, 0.05) is 23.9 Å². The highest BCUT2D eigenvalue weighted by molar-refractivity contribution is 8.01. The maximum absolute atomic E-state index is 13.4. The summed E-state index contributed by atoms with van der Waals surface area (Å²) in [6.07, 6.45) is 6.59. The number of thiazole rings is 1. The Bertz CT molecular complexity index is 1420. The number of allylic oxidation sites excluding steroid dienone is 1. The Morgan fingerprint density at radius 3 is 2.95 bits per heavy atom. The molecule has 2 aromatic heterocycles. The zero-order chi connectivity index (χ0) is 28.2. The van der Waals surface area contributed by atoms with Crippen molar-refractivity contribution < 1.29 is 29.1 Å². The van der Waals surface area contributed by atoms with Crippen LogP contribution in [0.25, 0.3) is 0 Å². The molecule has 0 aromatic carbocycles. The molecule has 0 bridgehead atoms. The van der Waals surface area contributed by atoms with Crippen molar-refractivity contribution in [1.82, 2.24) is 35.4 Å². The average molecular weight is 606 g/mol. The van der Waals surface area contributed by atoms with Gasteiger partial charge in [-0.15, -0.1) is 28.2 Å². The molecule has 2 aromatic rings. The van der Waals surface area contributed by atoms with E-state index in [2.05, 4.69) is 36.3 Å². The molecular formula is C22H23N9O6S3. The number of aromatic nitrogens is 5. The monoisotopic (exact) mass is 605 g/mol. The van der Waals surface area contributed by atoms with E-state index < -0.39 is 29.2 Å². The molecule has 3 aliphatic rings. The first kappa shape index (κ1) is 27.8. The van der Waals surface area contributed by atoms with Crippen molar-refractivity contribution in [3.63, 3.8) is 0 Å². The number of carboxylic acids is 1. The zero-order valence-corrected chi connectivity index (χ0v) is 23.4. The molecule has 0 spiro atoms. The Hall–Kier alpha value is -3.77. The number of hydrogen-bond acceptors (Lipinski definition) is 13. The molecular weight excluding hydrogens is 583 g/mol. The number of nitrogens with one attached hydrogen (secondary N) is 2. The number of rotatable bonds is 11. The molecule has 0 saturated carbocycles. The molecule has 3 atom stereocenters. The zero-order valence-electron chi connectivity index (χ0n) is 20.9. The van der Waals surface area contributed by atoms with Gasteiger partial charge in [-0.2, -0.15) is 0 Å². The molecule has 15 nitrogen and oxygen atoms in total. The summed E-state index contributed by atoms with van der Waals surface area (Å²) < 4.78 is 1.47. The Kier molecular flexibility index (Phi) is 8.46. The van der Waals surface area contributed by atoms with Gasteiger partial charge in [0.15, 0.2) is 10.8 Å². The van der Waals surface area contributed by atoms with E-state index in [4.69, 9.17) is 4.84 Å². The van der Waals surface area contributed by atoms with E-state index in [0.717, 1.165) is 30.6 Å². The number of hydrogen-bond donors (Lipinski definition) is 3. The SMILES string of the molecule is Cn1nnnc1SCC1=C(C(=O)O)N2C(=O)C(NC(=O)C(=NOC3C=CCCC3)c3csc(NC=O)n3)[C@H]2SC1. The van der Waals surface area contributed by atoms with Crippen LogP contribution in [0.1, 0.15) is 25.0 Å². The number of carbonyl (C=O) groups is 4. The molecule has 1 aliphatic carbocycles. The van der Waals surface area contributed by atoms with Gasteiger partial charge in [0.05, 0.1) is 0 Å². The highest BCUT2D eigenvalue weighted by Crippen LogP contribution is 2.41. The van der Waals surface area contributed by atoms with E-state index in [1.165, 1.54) is 38.5 Å². The van der Waals surface area contributed by atoms with Crippen LogP contribution in [0, 0.1) is 0 Å². The van der Waals surface area contributed by atoms with Crippen molar-refractivity contribution in [3.8, 4) is 0 Å². The number of thioether (sulfide) groups is 2. The standard InChI is InChI=1S/C22H23N9O6S3/c1-30-22(26-28-29-30)40-8-11-7-38-19-15(18(34)31(19)16(11)20(35)36)25-17(33)14(13-9-39-21(24-13)23-10-32)27-37-12-5-3-2-4-6-12/h3,5,9-10,12,15,19H,2,4,6-8H2,1H3,(H,25,33)(H,35,36)(H,23,24,32)/t12?,15?,19-/m1/s1. The van der Waals surface area contributed by atoms with Crippen LogP contribution in [0.4, 0.5) is 5.13 Å². The number of aliphatic carboxylic acids is 1. The van der Waals surface area contributed by atoms with Crippen LogP contribution in [0.15, 0.2) is 39.1 Å². The molecule has 2 aliphatic heterocycles. The maximum atomic E-state index is 13.4. The van der Waals surface area contributed by atoms with Crippen LogP contribution >= 0.6 is 34.9 Å². The minimum Gasteiger partial charge on any atom is -0.477 e. The minimum atomic E-state index is -1.23. The number of carbonyl (C=O) groups excluding carboxylic acids is 3. The van der Waals surface area contributed by atoms with Crippen molar-refractivity contribution in [2.24, 2.45) is 12.2 Å². The van der Waals surface area contributed by atoms with E-state index in [1.54, 1.807) is 7.05 Å². The third kappa shape index (κ3) is 5.73. The van der Waals surface area contributed by atoms with Gasteiger partial charge in [0.2, 0.25) is 11.6 Å². The summed E-state index contributed by atoms with van der Waals surface area (Å²) in [5.74, 6) is -1.88. The first-order chi connectivity index (χ1) is 19.4. The van der Waals surface area contributed by atoms with Crippen LogP contribution in [-0.2, 0) is 31.1 Å². The third-order valence-electron chi connectivity index (χ3n) is 6.13. The highest BCUT2D eigenvalue weighted by Gasteiger charge is 2.54. The number of amides is 3. The summed E-state index contributed by atoms with van der Waals surface area (Å²) >= 11 is 3.71. The van der Waals surface area contributed by atoms with Crippen molar-refractivity contribution in [2.45, 2.75) is 41.9 Å². The van der Waals surface area contributed by atoms with Crippen molar-refractivity contribution in [3.05, 3.63) is 34.5 Å². The van der Waals surface area contributed by atoms with Gasteiger partial charge in [-0.1, -0.05) is 23.0 Å². The molecule has 1 saturated heterocycles. The number of tetrazole rings is 1. The van der Waals surface area contributed by atoms with Gasteiger partial charge < -0.3 is 20.6 Å². The van der Waals surface area contributed by atoms with Gasteiger partial charge in [-0.25, -0.2) is 14.5 Å². The number of fused-ring (bicyclic) bond motifs is 1. The largest absolute Gasteiger partial charge is 0.477 e. The number of oxime groups is 1. The Morgan fingerprint density at radius 1 is 1.40 bits per heavy atom. The van der Waals surface area contributed by atoms with Gasteiger partial charge in [0.1, 0.15) is 28.9 Å². The van der Waals surface area contributed by atoms with E-state index >= 15 is 0 Å². The Labute approximate surface area is 239 Å². The van der Waals surface area contributed by atoms with Crippen LogP contribution in [0.2, 0.25) is 0 Å². The van der Waals surface area contributed by atoms with Gasteiger partial charge in [-0.3, -0.25) is 19.3 Å². The fourth-order valence-electron chi connectivity index (χ4n) is 4.19. The fraction of sp³-hybridized carbons (Fsp3) is 0.409. The first-order valence-electron chi connectivity index (χ1n) is 12.0. The fourth-order valence-corrected chi connectivity index (χ4v) is 7.18. The molecule has 210 valence electrons. The first-order valence-corrected chi connectivity index (χ1v) is 14.9. The lowest BCUT2D eigenvalue weighted by Crippen LogP contribution is -2.71. The Morgan fingerprint density at radius 2 is 2.25 bits per heavy atom. The van der Waals surface area contributed by atoms with Crippen LogP contribution < -0.4 is 10.6 Å². The van der Waals surface area contributed by atoms with Crippen LogP contribution in [0.3, 0.4) is 0 Å². The van der Waals surface area contributed by atoms with Crippen molar-refractivity contribution in [2.75, 3.05) is 16.8 Å². The maximum Gasteiger partial charge on any atom is 0.352 e. The van der Waals surface area contributed by atoms with Crippen LogP contribution in [0.5, 0.6) is 0 Å². The summed E-state index contributed by atoms with van der Waals surface area (Å²) in [6, 6.07) is -0.977. The second-order valence-electron chi connectivity index (χ2n) is 8.73. The second kappa shape index (κ2) is 12.2. The molecule has 4 heterocycles. The Balaban J connectivity index is 1.32. The quantitative estimate of drug-likeness (QED) is 0.0807.